The van der Waals surface area contributed by atoms with E-state index < -0.39 is 89.4 Å². The fourth-order valence-corrected chi connectivity index (χ4v) is 9.40. The van der Waals surface area contributed by atoms with Crippen LogP contribution in [0.3, 0.4) is 0 Å². The number of nitrogens with zero attached hydrogens (tertiary/aromatic N) is 6. The van der Waals surface area contributed by atoms with Crippen LogP contribution in [0.15, 0.2) is 54.1 Å². The first-order valence-corrected chi connectivity index (χ1v) is 26.7. The molecule has 0 radical (unpaired) electrons. The van der Waals surface area contributed by atoms with Crippen LogP contribution in [0.1, 0.15) is 131 Å². The second kappa shape index (κ2) is 31.3. The van der Waals surface area contributed by atoms with Crippen molar-refractivity contribution in [3.8, 4) is 0 Å². The SMILES string of the molecule is C=CCn1c(=O)n(C)c(=O)n(CC(O)COC(=O)C2CCCCC2C(=O)OCC(O)CC)c1=O.C=CCn1c(=O)n(C)c(=O)n(CC(O)COC2CCC(C)CC2)c1=O.CCC(O)COC1CCC(C(C)(C)C)CC1. The quantitative estimate of drug-likeness (QED) is 0.0971. The van der Waals surface area contributed by atoms with Gasteiger partial charge in [-0.2, -0.15) is 0 Å². The lowest BCUT2D eigenvalue weighted by Gasteiger charge is -2.37. The van der Waals surface area contributed by atoms with Crippen molar-refractivity contribution in [2.45, 2.75) is 194 Å². The largest absolute Gasteiger partial charge is 0.463 e. The van der Waals surface area contributed by atoms with Crippen molar-refractivity contribution in [1.82, 2.24) is 27.4 Å². The predicted octanol–water partition coefficient (Wildman–Crippen LogP) is 2.15. The number of aliphatic hydroxyl groups is 4. The van der Waals surface area contributed by atoms with Crippen LogP contribution < -0.4 is 34.1 Å². The first-order valence-electron chi connectivity index (χ1n) is 26.7. The van der Waals surface area contributed by atoms with Gasteiger partial charge in [-0.3, -0.25) is 9.59 Å². The molecule has 2 heterocycles. The van der Waals surface area contributed by atoms with Gasteiger partial charge in [-0.05, 0) is 94.3 Å². The maximum Gasteiger partial charge on any atom is 0.336 e. The molecular weight excluding hydrogens is 977 g/mol. The van der Waals surface area contributed by atoms with Crippen molar-refractivity contribution in [3.05, 3.63) is 88.2 Å². The number of carbonyl (C=O) groups is 2. The van der Waals surface area contributed by atoms with E-state index in [4.69, 9.17) is 18.9 Å². The number of aromatic nitrogens is 6. The van der Waals surface area contributed by atoms with Crippen LogP contribution in [0.4, 0.5) is 0 Å². The lowest BCUT2D eigenvalue weighted by molar-refractivity contribution is -0.166. The molecule has 0 aliphatic heterocycles. The third-order valence-corrected chi connectivity index (χ3v) is 14.5. The molecule has 22 nitrogen and oxygen atoms in total. The highest BCUT2D eigenvalue weighted by atomic mass is 16.6. The van der Waals surface area contributed by atoms with E-state index in [1.807, 2.05) is 6.92 Å². The average molecular weight is 1070 g/mol. The predicted molar refractivity (Wildman–Crippen MR) is 281 cm³/mol. The summed E-state index contributed by atoms with van der Waals surface area (Å²) in [5, 5.41) is 39.5. The highest BCUT2D eigenvalue weighted by Crippen LogP contribution is 2.38. The topological polar surface area (TPSA) is 284 Å². The van der Waals surface area contributed by atoms with E-state index in [9.17, 15) is 58.8 Å². The van der Waals surface area contributed by atoms with E-state index in [0.29, 0.717) is 47.9 Å². The van der Waals surface area contributed by atoms with Crippen molar-refractivity contribution in [2.24, 2.45) is 43.2 Å². The molecule has 3 saturated carbocycles. The van der Waals surface area contributed by atoms with Crippen LogP contribution in [0, 0.1) is 29.1 Å². The Hall–Kier alpha value is -5.00. The van der Waals surface area contributed by atoms with E-state index in [1.165, 1.54) is 51.9 Å². The van der Waals surface area contributed by atoms with Gasteiger partial charge < -0.3 is 39.4 Å². The monoisotopic (exact) mass is 1060 g/mol. The molecule has 3 fully saturated rings. The molecule has 0 bridgehead atoms. The number of carbonyl (C=O) groups excluding carboxylic acids is 2. The van der Waals surface area contributed by atoms with Crippen LogP contribution >= 0.6 is 0 Å². The second-order valence-electron chi connectivity index (χ2n) is 21.4. The third-order valence-electron chi connectivity index (χ3n) is 14.5. The Morgan fingerprint density at radius 3 is 1.28 bits per heavy atom. The fraction of sp³-hybridized carbons (Fsp3) is 0.774. The zero-order chi connectivity index (χ0) is 56.2. The molecule has 0 saturated heterocycles. The number of aliphatic hydroxyl groups excluding tert-OH is 4. The molecule has 3 aliphatic carbocycles. The van der Waals surface area contributed by atoms with E-state index >= 15 is 0 Å². The van der Waals surface area contributed by atoms with Gasteiger partial charge >= 0.3 is 46.1 Å². The van der Waals surface area contributed by atoms with Gasteiger partial charge in [-0.15, -0.1) is 13.2 Å². The van der Waals surface area contributed by atoms with Crippen LogP contribution in [0.2, 0.25) is 0 Å². The minimum atomic E-state index is -1.40. The average Bonchev–Trinajstić information content (AvgIpc) is 3.40. The van der Waals surface area contributed by atoms with E-state index in [-0.39, 0.29) is 45.1 Å². The van der Waals surface area contributed by atoms with Gasteiger partial charge in [0.2, 0.25) is 0 Å². The lowest BCUT2D eigenvalue weighted by Crippen LogP contribution is -2.54. The smallest absolute Gasteiger partial charge is 0.336 e. The highest BCUT2D eigenvalue weighted by molar-refractivity contribution is 5.82. The summed E-state index contributed by atoms with van der Waals surface area (Å²) in [7, 11) is 2.50. The molecular formula is C53H88N6O16. The summed E-state index contributed by atoms with van der Waals surface area (Å²) in [6.07, 6.45) is 12.3. The zero-order valence-electron chi connectivity index (χ0n) is 45.8. The van der Waals surface area contributed by atoms with Crippen LogP contribution in [0.25, 0.3) is 0 Å². The van der Waals surface area contributed by atoms with E-state index in [0.717, 1.165) is 73.7 Å². The van der Waals surface area contributed by atoms with Gasteiger partial charge in [-0.1, -0.05) is 66.5 Å². The first kappa shape index (κ1) is 64.3. The normalized spacial score (nSPS) is 22.5. The summed E-state index contributed by atoms with van der Waals surface area (Å²) in [6, 6.07) is 0. The summed E-state index contributed by atoms with van der Waals surface area (Å²) in [5.41, 5.74) is -4.40. The molecule has 2 aromatic heterocycles. The lowest BCUT2D eigenvalue weighted by atomic mass is 9.72. The van der Waals surface area contributed by atoms with Gasteiger partial charge in [0.05, 0.1) is 81.7 Å². The summed E-state index contributed by atoms with van der Waals surface area (Å²) in [6.45, 7) is 19.0. The summed E-state index contributed by atoms with van der Waals surface area (Å²) in [5.74, 6) is -1.18. The molecule has 6 atom stereocenters. The van der Waals surface area contributed by atoms with E-state index in [2.05, 4.69) is 40.9 Å². The van der Waals surface area contributed by atoms with Gasteiger partial charge in [0.25, 0.3) is 0 Å². The Morgan fingerprint density at radius 1 is 0.547 bits per heavy atom. The van der Waals surface area contributed by atoms with Crippen LogP contribution in [0.5, 0.6) is 0 Å². The molecule has 22 heteroatoms. The maximum absolute atomic E-state index is 12.7. The molecule has 4 N–H and O–H groups in total. The van der Waals surface area contributed by atoms with Crippen molar-refractivity contribution in [2.75, 3.05) is 26.4 Å². The minimum Gasteiger partial charge on any atom is -0.463 e. The standard InChI is InChI=1S/C22H33N3O9.C17H27N3O5.C14H28O2/c1-4-10-24-20(30)23(3)21(31)25(22(24)32)11-15(27)13-34-19(29)17-9-7-6-8-16(17)18(28)33-12-14(26)5-2;1-4-9-19-15(22)18(3)16(23)20(17(19)24)10-13(21)11-25-14-7-5-12(2)6-8-14;1-5-12(15)10-16-13-8-6-11(7-9-13)14(2,3)4/h4,14-17,26-27H,1,5-13H2,2-3H3;4,12-14,21H,1,5-11H2,2-3H3;11-13,15H,5-10H2,1-4H3. The summed E-state index contributed by atoms with van der Waals surface area (Å²) < 4.78 is 26.6. The number of hydrogen-bond donors (Lipinski definition) is 4. The number of rotatable bonds is 22. The zero-order valence-corrected chi connectivity index (χ0v) is 45.8. The molecule has 75 heavy (non-hydrogen) atoms. The first-order chi connectivity index (χ1) is 35.4. The number of ether oxygens (including phenoxy) is 4. The Kier molecular flexibility index (Phi) is 26.8. The maximum atomic E-state index is 12.7. The van der Waals surface area contributed by atoms with Crippen molar-refractivity contribution >= 4 is 11.9 Å². The summed E-state index contributed by atoms with van der Waals surface area (Å²) >= 11 is 0. The molecule has 0 spiro atoms. The summed E-state index contributed by atoms with van der Waals surface area (Å²) in [4.78, 5) is 98.5. The Balaban J connectivity index is 0.000000317. The van der Waals surface area contributed by atoms with Crippen molar-refractivity contribution in [3.63, 3.8) is 0 Å². The van der Waals surface area contributed by atoms with Gasteiger partial charge in [0.15, 0.2) is 0 Å². The molecule has 6 unspecified atom stereocenters. The Morgan fingerprint density at radius 2 is 0.893 bits per heavy atom. The number of allylic oxidation sites excluding steroid dienone is 2. The third kappa shape index (κ3) is 19.5. The van der Waals surface area contributed by atoms with Gasteiger partial charge in [0, 0.05) is 14.1 Å². The second-order valence-corrected chi connectivity index (χ2v) is 21.4. The fourth-order valence-electron chi connectivity index (χ4n) is 9.40. The van der Waals surface area contributed by atoms with Crippen molar-refractivity contribution < 1.29 is 49.0 Å². The Bertz CT molecular complexity index is 2500. The number of esters is 2. The van der Waals surface area contributed by atoms with E-state index in [1.54, 1.807) is 6.92 Å². The molecule has 5 rings (SSSR count). The molecule has 0 amide bonds. The minimum absolute atomic E-state index is 0.00135. The van der Waals surface area contributed by atoms with Crippen LogP contribution in [-0.4, -0.2) is 123 Å². The number of hydrogen-bond acceptors (Lipinski definition) is 16. The Labute approximate surface area is 439 Å². The molecule has 2 aromatic rings. The van der Waals surface area contributed by atoms with Crippen LogP contribution in [-0.2, 0) is 68.8 Å². The molecule has 3 aliphatic rings. The van der Waals surface area contributed by atoms with Gasteiger partial charge in [-0.25, -0.2) is 56.2 Å². The molecule has 426 valence electrons. The van der Waals surface area contributed by atoms with Crippen molar-refractivity contribution in [1.29, 1.82) is 0 Å². The van der Waals surface area contributed by atoms with Gasteiger partial charge in [0.1, 0.15) is 19.3 Å². The highest BCUT2D eigenvalue weighted by Gasteiger charge is 2.38. The molecule has 0 aromatic carbocycles.